The van der Waals surface area contributed by atoms with Gasteiger partial charge in [0.05, 0.1) is 0 Å². The van der Waals surface area contributed by atoms with Gasteiger partial charge in [-0.2, -0.15) is 0 Å². The van der Waals surface area contributed by atoms with E-state index in [0.717, 1.165) is 25.7 Å². The van der Waals surface area contributed by atoms with E-state index >= 15 is 0 Å². The first-order chi connectivity index (χ1) is 22.1. The van der Waals surface area contributed by atoms with Gasteiger partial charge in [-0.3, -0.25) is 29.2 Å². The molecule has 13 N–H and O–H groups in total. The van der Waals surface area contributed by atoms with Crippen LogP contribution < -0.4 is 44.6 Å². The van der Waals surface area contributed by atoms with Gasteiger partial charge < -0.3 is 44.6 Å². The van der Waals surface area contributed by atoms with Gasteiger partial charge in [0.15, 0.2) is 11.9 Å². The number of aliphatic imine (C=N–C) groups is 2. The predicted octanol–water partition coefficient (Wildman–Crippen LogP) is 1.93. The fourth-order valence-corrected chi connectivity index (χ4v) is 4.95. The summed E-state index contributed by atoms with van der Waals surface area (Å²) in [6.45, 7) is 3.38. The number of nitrogens with two attached hydrogens (primary N) is 5. The van der Waals surface area contributed by atoms with Gasteiger partial charge in [0, 0.05) is 32.5 Å². The van der Waals surface area contributed by atoms with E-state index in [1.807, 2.05) is 0 Å². The van der Waals surface area contributed by atoms with Crippen molar-refractivity contribution in [2.75, 3.05) is 19.6 Å². The highest BCUT2D eigenvalue weighted by Gasteiger charge is 2.25. The molecular weight excluding hydrogens is 588 g/mol. The summed E-state index contributed by atoms with van der Waals surface area (Å²) in [5, 5.41) is 8.35. The Morgan fingerprint density at radius 2 is 1.00 bits per heavy atom. The molecule has 0 unspecified atom stereocenters. The average molecular weight is 653 g/mol. The molecule has 0 aliphatic heterocycles. The van der Waals surface area contributed by atoms with E-state index in [4.69, 9.17) is 28.7 Å². The molecule has 0 radical (unpaired) electrons. The van der Waals surface area contributed by atoms with E-state index in [-0.39, 0.29) is 56.1 Å². The SMILES string of the molecule is CCCCCCCCCCCCCC(=O)NCCCCCC(=O)N[C@@H](CCCN=C(N)N)C(=O)N[C@@H](CCCN=C(N)N)C(N)=O. The van der Waals surface area contributed by atoms with Gasteiger partial charge in [0.1, 0.15) is 12.1 Å². The number of hydrogen-bond donors (Lipinski definition) is 8. The molecule has 46 heavy (non-hydrogen) atoms. The van der Waals surface area contributed by atoms with Crippen LogP contribution >= 0.6 is 0 Å². The molecule has 2 atom stereocenters. The summed E-state index contributed by atoms with van der Waals surface area (Å²) >= 11 is 0. The summed E-state index contributed by atoms with van der Waals surface area (Å²) in [6.07, 6.45) is 18.0. The number of primary amides is 1. The van der Waals surface area contributed by atoms with E-state index in [9.17, 15) is 19.2 Å². The number of rotatable bonds is 30. The molecule has 14 heteroatoms. The van der Waals surface area contributed by atoms with Crippen LogP contribution in [-0.4, -0.2) is 67.3 Å². The van der Waals surface area contributed by atoms with Crippen molar-refractivity contribution in [3.63, 3.8) is 0 Å². The number of nitrogens with zero attached hydrogens (tertiary/aromatic N) is 2. The summed E-state index contributed by atoms with van der Waals surface area (Å²) in [5.74, 6) is -1.56. The summed E-state index contributed by atoms with van der Waals surface area (Å²) < 4.78 is 0. The van der Waals surface area contributed by atoms with Gasteiger partial charge in [0.2, 0.25) is 23.6 Å². The molecule has 0 fully saturated rings. The predicted molar refractivity (Wildman–Crippen MR) is 185 cm³/mol. The number of nitrogens with one attached hydrogen (secondary N) is 3. The summed E-state index contributed by atoms with van der Waals surface area (Å²) in [6, 6.07) is -1.83. The van der Waals surface area contributed by atoms with Gasteiger partial charge in [-0.15, -0.1) is 0 Å². The quantitative estimate of drug-likeness (QED) is 0.0322. The van der Waals surface area contributed by atoms with E-state index < -0.39 is 23.9 Å². The molecule has 0 aromatic heterocycles. The Kier molecular flexibility index (Phi) is 26.6. The topological polar surface area (TPSA) is 259 Å². The van der Waals surface area contributed by atoms with Crippen LogP contribution in [0.1, 0.15) is 135 Å². The molecular formula is C32H64N10O4. The third-order valence-electron chi connectivity index (χ3n) is 7.61. The third-order valence-corrected chi connectivity index (χ3v) is 7.61. The number of carbonyl (C=O) groups is 4. The smallest absolute Gasteiger partial charge is 0.243 e. The Labute approximate surface area is 276 Å². The molecule has 0 saturated heterocycles. The largest absolute Gasteiger partial charge is 0.370 e. The maximum atomic E-state index is 13.0. The lowest BCUT2D eigenvalue weighted by Crippen LogP contribution is -2.53. The van der Waals surface area contributed by atoms with Crippen LogP contribution in [0.15, 0.2) is 9.98 Å². The Hall–Kier alpha value is -3.58. The maximum Gasteiger partial charge on any atom is 0.243 e. The second kappa shape index (κ2) is 28.9. The number of guanidine groups is 2. The van der Waals surface area contributed by atoms with Crippen molar-refractivity contribution in [2.24, 2.45) is 38.7 Å². The van der Waals surface area contributed by atoms with Crippen LogP contribution in [0.25, 0.3) is 0 Å². The lowest BCUT2D eigenvalue weighted by Gasteiger charge is -2.22. The second-order valence-electron chi connectivity index (χ2n) is 11.9. The first-order valence-electron chi connectivity index (χ1n) is 17.3. The standard InChI is InChI=1S/C32H64N10O4/c1-2-3-4-5-6-7-8-9-10-11-13-20-27(43)38-22-15-12-14-21-28(44)41-26(19-17-24-40-32(36)37)30(46)42-25(29(33)45)18-16-23-39-31(34)35/h25-26H,2-24H2,1H3,(H2,33,45)(H,38,43)(H,41,44)(H,42,46)(H4,34,35,39)(H4,36,37,40)/t25-,26-/m0/s1. The Bertz CT molecular complexity index is 905. The monoisotopic (exact) mass is 653 g/mol. The molecule has 0 aliphatic rings. The summed E-state index contributed by atoms with van der Waals surface area (Å²) in [5.41, 5.74) is 26.8. The molecule has 0 heterocycles. The highest BCUT2D eigenvalue weighted by Crippen LogP contribution is 2.12. The molecule has 0 rings (SSSR count). The molecule has 14 nitrogen and oxygen atoms in total. The number of hydrogen-bond acceptors (Lipinski definition) is 6. The summed E-state index contributed by atoms with van der Waals surface area (Å²) in [4.78, 5) is 57.5. The highest BCUT2D eigenvalue weighted by molar-refractivity contribution is 5.91. The van der Waals surface area contributed by atoms with Crippen LogP contribution in [0.4, 0.5) is 0 Å². The van der Waals surface area contributed by atoms with Crippen LogP contribution in [-0.2, 0) is 19.2 Å². The van der Waals surface area contributed by atoms with Gasteiger partial charge in [0.25, 0.3) is 0 Å². The van der Waals surface area contributed by atoms with Gasteiger partial charge in [-0.25, -0.2) is 0 Å². The van der Waals surface area contributed by atoms with Crippen molar-refractivity contribution in [3.05, 3.63) is 0 Å². The van der Waals surface area contributed by atoms with Crippen molar-refractivity contribution >= 4 is 35.5 Å². The molecule has 0 aliphatic carbocycles. The van der Waals surface area contributed by atoms with Crippen LogP contribution in [0.3, 0.4) is 0 Å². The van der Waals surface area contributed by atoms with Crippen molar-refractivity contribution in [2.45, 2.75) is 147 Å². The Morgan fingerprint density at radius 3 is 1.50 bits per heavy atom. The fraction of sp³-hybridized carbons (Fsp3) is 0.812. The van der Waals surface area contributed by atoms with Crippen molar-refractivity contribution in [1.29, 1.82) is 0 Å². The second-order valence-corrected chi connectivity index (χ2v) is 11.9. The van der Waals surface area contributed by atoms with Gasteiger partial charge in [-0.05, 0) is 44.9 Å². The van der Waals surface area contributed by atoms with E-state index in [0.29, 0.717) is 32.2 Å². The van der Waals surface area contributed by atoms with Crippen molar-refractivity contribution in [1.82, 2.24) is 16.0 Å². The third kappa shape index (κ3) is 26.8. The molecule has 0 bridgehead atoms. The first-order valence-corrected chi connectivity index (χ1v) is 17.3. The van der Waals surface area contributed by atoms with Crippen molar-refractivity contribution in [3.8, 4) is 0 Å². The molecule has 0 aromatic carbocycles. The lowest BCUT2D eigenvalue weighted by molar-refractivity contribution is -0.131. The molecule has 0 aromatic rings. The molecule has 0 spiro atoms. The Balaban J connectivity index is 4.34. The zero-order valence-electron chi connectivity index (χ0n) is 28.3. The maximum absolute atomic E-state index is 13.0. The van der Waals surface area contributed by atoms with Crippen LogP contribution in [0.2, 0.25) is 0 Å². The average Bonchev–Trinajstić information content (AvgIpc) is 3.00. The van der Waals surface area contributed by atoms with Crippen LogP contribution in [0, 0.1) is 0 Å². The van der Waals surface area contributed by atoms with Gasteiger partial charge >= 0.3 is 0 Å². The fourth-order valence-electron chi connectivity index (χ4n) is 4.95. The minimum absolute atomic E-state index is 0.0649. The van der Waals surface area contributed by atoms with E-state index in [2.05, 4.69) is 32.9 Å². The molecule has 4 amide bonds. The van der Waals surface area contributed by atoms with E-state index in [1.54, 1.807) is 0 Å². The first kappa shape index (κ1) is 42.4. The number of amides is 4. The summed E-state index contributed by atoms with van der Waals surface area (Å²) in [7, 11) is 0. The minimum atomic E-state index is -0.941. The molecule has 266 valence electrons. The van der Waals surface area contributed by atoms with Crippen LogP contribution in [0.5, 0.6) is 0 Å². The van der Waals surface area contributed by atoms with Gasteiger partial charge in [-0.1, -0.05) is 77.6 Å². The minimum Gasteiger partial charge on any atom is -0.370 e. The molecule has 0 saturated carbocycles. The van der Waals surface area contributed by atoms with E-state index in [1.165, 1.54) is 57.8 Å². The number of unbranched alkanes of at least 4 members (excludes halogenated alkanes) is 12. The zero-order chi connectivity index (χ0) is 34.4. The Morgan fingerprint density at radius 1 is 0.543 bits per heavy atom. The highest BCUT2D eigenvalue weighted by atomic mass is 16.2. The van der Waals surface area contributed by atoms with Crippen molar-refractivity contribution < 1.29 is 19.2 Å². The number of carbonyl (C=O) groups excluding carboxylic acids is 4. The normalized spacial score (nSPS) is 12.0. The zero-order valence-corrected chi connectivity index (χ0v) is 28.3. The lowest BCUT2D eigenvalue weighted by atomic mass is 10.1.